The Morgan fingerprint density at radius 1 is 1.00 bits per heavy atom. The second-order valence-corrected chi connectivity index (χ2v) is 11.5. The molecule has 0 radical (unpaired) electrons. The number of alkyl halides is 3. The maximum absolute atomic E-state index is 14.8. The third-order valence-electron chi connectivity index (χ3n) is 7.22. The number of rotatable bonds is 8. The van der Waals surface area contributed by atoms with Crippen LogP contribution in [-0.2, 0) is 13.2 Å². The number of hydrogen-bond acceptors (Lipinski definition) is 7. The fourth-order valence-corrected chi connectivity index (χ4v) is 5.65. The minimum Gasteiger partial charge on any atom is -0.438 e. The van der Waals surface area contributed by atoms with Crippen molar-refractivity contribution >= 4 is 17.9 Å². The number of likely N-dealkylation sites (tertiary alicyclic amines) is 1. The van der Waals surface area contributed by atoms with Crippen LogP contribution in [0.1, 0.15) is 55.2 Å². The third-order valence-corrected chi connectivity index (χ3v) is 7.95. The van der Waals surface area contributed by atoms with Gasteiger partial charge in [-0.05, 0) is 80.0 Å². The Labute approximate surface area is 242 Å². The Morgan fingerprint density at radius 2 is 1.71 bits per heavy atom. The molecule has 216 valence electrons. The molecule has 0 amide bonds. The molecule has 4 aromatic rings. The number of aromatic nitrogens is 4. The van der Waals surface area contributed by atoms with Gasteiger partial charge in [0.2, 0.25) is 11.8 Å². The first-order valence-electron chi connectivity index (χ1n) is 13.5. The highest BCUT2D eigenvalue weighted by Gasteiger charge is 2.41. The zero-order valence-corrected chi connectivity index (χ0v) is 24.3. The molecule has 2 aromatic carbocycles. The molecule has 0 saturated carbocycles. The standard InChI is InChI=1S/C30H33F3N6OS/c1-19(2)24-7-5-6-8-25(24)27-26(30(31,32)33)28(36-29(35-27)37-41-23-17-34-39(4)18-23)40-22-11-9-20(10-12-22)21-13-15-38(3)16-14-21/h5-12,17-19,21H,13-16H2,1-4H3,(H,35,36,37). The fourth-order valence-electron chi connectivity index (χ4n) is 5.04. The summed E-state index contributed by atoms with van der Waals surface area (Å²) < 4.78 is 54.8. The van der Waals surface area contributed by atoms with E-state index in [9.17, 15) is 13.2 Å². The molecule has 7 nitrogen and oxygen atoms in total. The van der Waals surface area contributed by atoms with Crippen molar-refractivity contribution in [2.24, 2.45) is 7.05 Å². The Kier molecular flexibility index (Phi) is 8.55. The second-order valence-electron chi connectivity index (χ2n) is 10.6. The van der Waals surface area contributed by atoms with Gasteiger partial charge in [-0.1, -0.05) is 50.2 Å². The predicted octanol–water partition coefficient (Wildman–Crippen LogP) is 7.74. The van der Waals surface area contributed by atoms with Gasteiger partial charge in [-0.15, -0.1) is 0 Å². The highest BCUT2D eigenvalue weighted by molar-refractivity contribution is 8.00. The van der Waals surface area contributed by atoms with Crippen molar-refractivity contribution in [1.82, 2.24) is 24.6 Å². The average Bonchev–Trinajstić information content (AvgIpc) is 3.37. The summed E-state index contributed by atoms with van der Waals surface area (Å²) in [6.07, 6.45) is 0.740. The quantitative estimate of drug-likeness (QED) is 0.213. The summed E-state index contributed by atoms with van der Waals surface area (Å²) >= 11 is 1.16. The first-order chi connectivity index (χ1) is 19.6. The van der Waals surface area contributed by atoms with Crippen LogP contribution in [0.3, 0.4) is 0 Å². The van der Waals surface area contributed by atoms with Crippen LogP contribution < -0.4 is 9.46 Å². The van der Waals surface area contributed by atoms with Crippen LogP contribution in [0.4, 0.5) is 19.1 Å². The molecule has 1 N–H and O–H groups in total. The lowest BCUT2D eigenvalue weighted by Crippen LogP contribution is -2.29. The molecule has 0 spiro atoms. The number of nitrogens with zero attached hydrogens (tertiary/aromatic N) is 5. The van der Waals surface area contributed by atoms with Crippen LogP contribution in [0.15, 0.2) is 65.8 Å². The molecule has 2 aromatic heterocycles. The van der Waals surface area contributed by atoms with E-state index < -0.39 is 17.6 Å². The Balaban J connectivity index is 1.55. The molecule has 1 fully saturated rings. The second kappa shape index (κ2) is 12.1. The highest BCUT2D eigenvalue weighted by atomic mass is 32.2. The van der Waals surface area contributed by atoms with Gasteiger partial charge in [0.15, 0.2) is 0 Å². The molecule has 0 aliphatic carbocycles. The summed E-state index contributed by atoms with van der Waals surface area (Å²) in [4.78, 5) is 11.7. The number of piperidine rings is 1. The van der Waals surface area contributed by atoms with E-state index in [1.807, 2.05) is 38.1 Å². The molecule has 5 rings (SSSR count). The number of ether oxygens (including phenoxy) is 1. The number of halogens is 3. The van der Waals surface area contributed by atoms with Gasteiger partial charge in [0, 0.05) is 18.8 Å². The average molecular weight is 583 g/mol. The van der Waals surface area contributed by atoms with Gasteiger partial charge in [0.25, 0.3) is 0 Å². The number of aryl methyl sites for hydroxylation is 1. The van der Waals surface area contributed by atoms with E-state index in [1.165, 1.54) is 0 Å². The molecular weight excluding hydrogens is 549 g/mol. The summed E-state index contributed by atoms with van der Waals surface area (Å²) in [5.41, 5.74) is 1.04. The van der Waals surface area contributed by atoms with Crippen molar-refractivity contribution in [3.63, 3.8) is 0 Å². The number of nitrogens with one attached hydrogen (secondary N) is 1. The summed E-state index contributed by atoms with van der Waals surface area (Å²) in [6, 6.07) is 14.3. The largest absolute Gasteiger partial charge is 0.438 e. The summed E-state index contributed by atoms with van der Waals surface area (Å²) in [6.45, 7) is 5.92. The molecule has 11 heteroatoms. The van der Waals surface area contributed by atoms with Crippen molar-refractivity contribution in [2.45, 2.75) is 49.6 Å². The van der Waals surface area contributed by atoms with Crippen LogP contribution in [0.25, 0.3) is 11.3 Å². The van der Waals surface area contributed by atoms with E-state index in [0.29, 0.717) is 11.5 Å². The minimum absolute atomic E-state index is 0.00152. The van der Waals surface area contributed by atoms with Gasteiger partial charge in [-0.2, -0.15) is 23.3 Å². The van der Waals surface area contributed by atoms with Crippen molar-refractivity contribution in [1.29, 1.82) is 0 Å². The SMILES string of the molecule is CC(C)c1ccccc1-c1nc(NSc2cnn(C)c2)nc(Oc2ccc(C3CCN(C)CC3)cc2)c1C(F)(F)F. The van der Waals surface area contributed by atoms with E-state index in [2.05, 4.69) is 31.7 Å². The molecule has 1 aliphatic rings. The lowest BCUT2D eigenvalue weighted by Gasteiger charge is -2.29. The smallest absolute Gasteiger partial charge is 0.423 e. The maximum atomic E-state index is 14.8. The Morgan fingerprint density at radius 3 is 2.34 bits per heavy atom. The summed E-state index contributed by atoms with van der Waals surface area (Å²) in [7, 11) is 3.89. The first-order valence-corrected chi connectivity index (χ1v) is 14.4. The summed E-state index contributed by atoms with van der Waals surface area (Å²) in [5.74, 6) is 0.116. The molecule has 1 saturated heterocycles. The Bertz CT molecular complexity index is 1480. The van der Waals surface area contributed by atoms with Crippen LogP contribution in [0.2, 0.25) is 0 Å². The van der Waals surface area contributed by atoms with Gasteiger partial charge in [-0.25, -0.2) is 4.98 Å². The van der Waals surface area contributed by atoms with E-state index in [4.69, 9.17) is 4.74 Å². The molecule has 0 unspecified atom stereocenters. The van der Waals surface area contributed by atoms with Gasteiger partial charge in [-0.3, -0.25) is 9.40 Å². The number of hydrogen-bond donors (Lipinski definition) is 1. The zero-order valence-electron chi connectivity index (χ0n) is 23.4. The van der Waals surface area contributed by atoms with Gasteiger partial charge in [0.05, 0.1) is 16.8 Å². The Hall–Kier alpha value is -3.57. The third kappa shape index (κ3) is 6.84. The van der Waals surface area contributed by atoms with Crippen molar-refractivity contribution < 1.29 is 17.9 Å². The zero-order chi connectivity index (χ0) is 29.1. The van der Waals surface area contributed by atoms with Gasteiger partial charge in [0.1, 0.15) is 11.3 Å². The number of benzene rings is 2. The van der Waals surface area contributed by atoms with E-state index in [-0.39, 0.29) is 23.3 Å². The van der Waals surface area contributed by atoms with E-state index in [1.54, 1.807) is 48.4 Å². The lowest BCUT2D eigenvalue weighted by atomic mass is 9.90. The molecule has 41 heavy (non-hydrogen) atoms. The fraction of sp³-hybridized carbons (Fsp3) is 0.367. The van der Waals surface area contributed by atoms with Crippen molar-refractivity contribution in [3.05, 3.63) is 77.6 Å². The predicted molar refractivity (Wildman–Crippen MR) is 155 cm³/mol. The highest BCUT2D eigenvalue weighted by Crippen LogP contribution is 2.45. The molecule has 0 bridgehead atoms. The van der Waals surface area contributed by atoms with Crippen molar-refractivity contribution in [2.75, 3.05) is 24.9 Å². The van der Waals surface area contributed by atoms with Gasteiger partial charge >= 0.3 is 6.18 Å². The molecule has 0 atom stereocenters. The number of anilines is 1. The van der Waals surface area contributed by atoms with Crippen LogP contribution in [0, 0.1) is 0 Å². The van der Waals surface area contributed by atoms with Crippen molar-refractivity contribution in [3.8, 4) is 22.9 Å². The summed E-state index contributed by atoms with van der Waals surface area (Å²) in [5, 5.41) is 4.13. The molecule has 3 heterocycles. The molecule has 1 aliphatic heterocycles. The topological polar surface area (TPSA) is 68.1 Å². The lowest BCUT2D eigenvalue weighted by molar-refractivity contribution is -0.138. The van der Waals surface area contributed by atoms with E-state index >= 15 is 0 Å². The molecular formula is C30H33F3N6OS. The monoisotopic (exact) mass is 582 g/mol. The normalized spacial score (nSPS) is 14.9. The van der Waals surface area contributed by atoms with Crippen LogP contribution in [-0.4, -0.2) is 44.8 Å². The van der Waals surface area contributed by atoms with Crippen LogP contribution >= 0.6 is 11.9 Å². The first kappa shape index (κ1) is 28.9. The maximum Gasteiger partial charge on any atom is 0.423 e. The van der Waals surface area contributed by atoms with E-state index in [0.717, 1.165) is 53.9 Å². The van der Waals surface area contributed by atoms with Gasteiger partial charge < -0.3 is 9.64 Å². The van der Waals surface area contributed by atoms with Crippen LogP contribution in [0.5, 0.6) is 11.6 Å². The minimum atomic E-state index is -4.77.